The van der Waals surface area contributed by atoms with Gasteiger partial charge < -0.3 is 0 Å². The number of hydrogen-bond acceptors (Lipinski definition) is 2. The Morgan fingerprint density at radius 2 is 1.55 bits per heavy atom. The van der Waals surface area contributed by atoms with E-state index < -0.39 is 17.4 Å². The van der Waals surface area contributed by atoms with Gasteiger partial charge in [-0.3, -0.25) is 9.59 Å². The summed E-state index contributed by atoms with van der Waals surface area (Å²) in [6.07, 6.45) is 5.19. The van der Waals surface area contributed by atoms with E-state index in [0.29, 0.717) is 12.5 Å². The highest BCUT2D eigenvalue weighted by Gasteiger charge is 2.13. The maximum Gasteiger partial charge on any atom is 0.170 e. The van der Waals surface area contributed by atoms with Crippen LogP contribution in [0, 0.1) is 11.6 Å². The van der Waals surface area contributed by atoms with Crippen LogP contribution in [0.3, 0.4) is 0 Å². The molecule has 0 fully saturated rings. The van der Waals surface area contributed by atoms with Crippen LogP contribution in [0.1, 0.15) is 62.2 Å². The van der Waals surface area contributed by atoms with Crippen molar-refractivity contribution in [3.63, 3.8) is 0 Å². The molecule has 0 heterocycles. The Kier molecular flexibility index (Phi) is 7.05. The average Bonchev–Trinajstić information content (AvgIpc) is 2.37. The zero-order valence-electron chi connectivity index (χ0n) is 11.8. The predicted molar refractivity (Wildman–Crippen MR) is 73.7 cm³/mol. The summed E-state index contributed by atoms with van der Waals surface area (Å²) in [5.74, 6) is -2.31. The average molecular weight is 282 g/mol. The van der Waals surface area contributed by atoms with Crippen molar-refractivity contribution in [3.8, 4) is 0 Å². The fourth-order valence-corrected chi connectivity index (χ4v) is 2.01. The number of Topliss-reactive ketones (excluding diaryl/α,β-unsaturated/α-hetero) is 2. The number of hydrogen-bond donors (Lipinski definition) is 0. The first-order valence-corrected chi connectivity index (χ1v) is 7.04. The Bertz CT molecular complexity index is 449. The molecule has 1 rings (SSSR count). The van der Waals surface area contributed by atoms with Crippen LogP contribution in [0.5, 0.6) is 0 Å². The molecule has 110 valence electrons. The molecule has 0 unspecified atom stereocenters. The van der Waals surface area contributed by atoms with Gasteiger partial charge in [0.15, 0.2) is 5.78 Å². The summed E-state index contributed by atoms with van der Waals surface area (Å²) in [6, 6.07) is 2.62. The largest absolute Gasteiger partial charge is 0.299 e. The summed E-state index contributed by atoms with van der Waals surface area (Å²) >= 11 is 0. The van der Waals surface area contributed by atoms with Gasteiger partial charge in [-0.2, -0.15) is 0 Å². The quantitative estimate of drug-likeness (QED) is 0.380. The molecule has 20 heavy (non-hydrogen) atoms. The minimum Gasteiger partial charge on any atom is -0.299 e. The van der Waals surface area contributed by atoms with E-state index in [2.05, 4.69) is 6.92 Å². The van der Waals surface area contributed by atoms with Crippen LogP contribution in [0.2, 0.25) is 0 Å². The molecule has 0 saturated heterocycles. The summed E-state index contributed by atoms with van der Waals surface area (Å²) in [6.45, 7) is 2.11. The minimum atomic E-state index is -0.805. The fourth-order valence-electron chi connectivity index (χ4n) is 2.01. The van der Waals surface area contributed by atoms with Crippen LogP contribution in [0.15, 0.2) is 18.2 Å². The van der Waals surface area contributed by atoms with Crippen molar-refractivity contribution in [2.24, 2.45) is 0 Å². The van der Waals surface area contributed by atoms with E-state index in [1.165, 1.54) is 0 Å². The molecule has 0 saturated carbocycles. The molecule has 0 spiro atoms. The van der Waals surface area contributed by atoms with Crippen molar-refractivity contribution in [2.75, 3.05) is 0 Å². The molecule has 0 aromatic heterocycles. The monoisotopic (exact) mass is 282 g/mol. The topological polar surface area (TPSA) is 34.1 Å². The second-order valence-corrected chi connectivity index (χ2v) is 4.96. The second kappa shape index (κ2) is 8.56. The van der Waals surface area contributed by atoms with Crippen molar-refractivity contribution in [3.05, 3.63) is 35.4 Å². The molecule has 2 nitrogen and oxygen atoms in total. The highest BCUT2D eigenvalue weighted by molar-refractivity contribution is 6.07. The lowest BCUT2D eigenvalue weighted by Crippen LogP contribution is -2.08. The lowest BCUT2D eigenvalue weighted by Gasteiger charge is -2.02. The van der Waals surface area contributed by atoms with Gasteiger partial charge in [-0.05, 0) is 18.6 Å². The Morgan fingerprint density at radius 1 is 0.950 bits per heavy atom. The van der Waals surface area contributed by atoms with Crippen molar-refractivity contribution in [1.82, 2.24) is 0 Å². The lowest BCUT2D eigenvalue weighted by atomic mass is 10.0. The van der Waals surface area contributed by atoms with E-state index in [0.717, 1.165) is 44.2 Å². The molecule has 0 bridgehead atoms. The molecule has 1 aromatic rings. The number of unbranched alkanes of at least 4 members (excludes halogenated alkanes) is 4. The number of ketones is 2. The van der Waals surface area contributed by atoms with Gasteiger partial charge in [-0.1, -0.05) is 32.6 Å². The Labute approximate surface area is 118 Å². The molecule has 0 aliphatic heterocycles. The zero-order valence-corrected chi connectivity index (χ0v) is 11.8. The first-order chi connectivity index (χ1) is 9.52. The molecule has 0 N–H and O–H groups in total. The van der Waals surface area contributed by atoms with Crippen LogP contribution < -0.4 is 0 Å². The maximum atomic E-state index is 13.0. The van der Waals surface area contributed by atoms with Crippen molar-refractivity contribution in [1.29, 1.82) is 0 Å². The van der Waals surface area contributed by atoms with Gasteiger partial charge in [0.1, 0.15) is 17.4 Å². The first kappa shape index (κ1) is 16.5. The zero-order chi connectivity index (χ0) is 15.0. The maximum absolute atomic E-state index is 13.0. The Hall–Kier alpha value is -1.58. The molecular formula is C16H20F2O2. The van der Waals surface area contributed by atoms with Crippen molar-refractivity contribution >= 4 is 11.6 Å². The smallest absolute Gasteiger partial charge is 0.170 e. The van der Waals surface area contributed by atoms with Gasteiger partial charge in [-0.15, -0.1) is 0 Å². The van der Waals surface area contributed by atoms with E-state index in [4.69, 9.17) is 0 Å². The number of carbonyl (C=O) groups is 2. The summed E-state index contributed by atoms with van der Waals surface area (Å²) in [7, 11) is 0. The normalized spacial score (nSPS) is 10.6. The van der Waals surface area contributed by atoms with Gasteiger partial charge >= 0.3 is 0 Å². The van der Waals surface area contributed by atoms with Crippen LogP contribution in [-0.2, 0) is 4.79 Å². The third-order valence-corrected chi connectivity index (χ3v) is 3.10. The van der Waals surface area contributed by atoms with Crippen LogP contribution in [-0.4, -0.2) is 11.6 Å². The molecule has 0 radical (unpaired) electrons. The van der Waals surface area contributed by atoms with Gasteiger partial charge in [0.2, 0.25) is 0 Å². The molecule has 0 atom stereocenters. The molecule has 0 aliphatic carbocycles. The minimum absolute atomic E-state index is 0.0816. The number of halogens is 2. The van der Waals surface area contributed by atoms with Crippen LogP contribution >= 0.6 is 0 Å². The third kappa shape index (κ3) is 6.04. The van der Waals surface area contributed by atoms with Crippen molar-refractivity contribution in [2.45, 2.75) is 51.9 Å². The SMILES string of the molecule is CCCCCCCC(=O)CC(=O)c1cc(F)cc(F)c1. The number of rotatable bonds is 9. The third-order valence-electron chi connectivity index (χ3n) is 3.10. The van der Waals surface area contributed by atoms with E-state index in [1.54, 1.807) is 0 Å². The summed E-state index contributed by atoms with van der Waals surface area (Å²) < 4.78 is 25.9. The Balaban J connectivity index is 2.39. The number of carbonyl (C=O) groups excluding carboxylic acids is 2. The summed E-state index contributed by atoms with van der Waals surface area (Å²) in [4.78, 5) is 23.4. The molecular weight excluding hydrogens is 262 g/mol. The molecule has 0 aliphatic rings. The van der Waals surface area contributed by atoms with Crippen LogP contribution in [0.4, 0.5) is 8.78 Å². The van der Waals surface area contributed by atoms with E-state index in [1.807, 2.05) is 0 Å². The molecule has 1 aromatic carbocycles. The Morgan fingerprint density at radius 3 is 2.15 bits per heavy atom. The fraction of sp³-hybridized carbons (Fsp3) is 0.500. The van der Waals surface area contributed by atoms with Gasteiger partial charge in [0.05, 0.1) is 6.42 Å². The van der Waals surface area contributed by atoms with E-state index >= 15 is 0 Å². The molecule has 4 heteroatoms. The molecule has 0 amide bonds. The van der Waals surface area contributed by atoms with E-state index in [9.17, 15) is 18.4 Å². The highest BCUT2D eigenvalue weighted by Crippen LogP contribution is 2.12. The highest BCUT2D eigenvalue weighted by atomic mass is 19.1. The van der Waals surface area contributed by atoms with Gasteiger partial charge in [0.25, 0.3) is 0 Å². The standard InChI is InChI=1S/C16H20F2O2/c1-2-3-4-5-6-7-15(19)11-16(20)12-8-13(17)10-14(18)9-12/h8-10H,2-7,11H2,1H3. The van der Waals surface area contributed by atoms with Crippen LogP contribution in [0.25, 0.3) is 0 Å². The van der Waals surface area contributed by atoms with Gasteiger partial charge in [0, 0.05) is 18.1 Å². The van der Waals surface area contributed by atoms with E-state index in [-0.39, 0.29) is 17.8 Å². The number of benzene rings is 1. The summed E-state index contributed by atoms with van der Waals surface area (Å²) in [5, 5.41) is 0. The first-order valence-electron chi connectivity index (χ1n) is 7.04. The second-order valence-electron chi connectivity index (χ2n) is 4.96. The van der Waals surface area contributed by atoms with Crippen molar-refractivity contribution < 1.29 is 18.4 Å². The van der Waals surface area contributed by atoms with Gasteiger partial charge in [-0.25, -0.2) is 8.78 Å². The lowest BCUT2D eigenvalue weighted by molar-refractivity contribution is -0.118. The summed E-state index contributed by atoms with van der Waals surface area (Å²) in [5.41, 5.74) is -0.0816. The predicted octanol–water partition coefficient (Wildman–Crippen LogP) is 4.47.